The zero-order valence-electron chi connectivity index (χ0n) is 11.4. The first-order valence-corrected chi connectivity index (χ1v) is 7.80. The number of terminal acetylenes is 1. The van der Waals surface area contributed by atoms with Crippen molar-refractivity contribution in [1.82, 2.24) is 5.32 Å². The highest BCUT2D eigenvalue weighted by Gasteiger charge is 2.07. The van der Waals surface area contributed by atoms with E-state index in [1.807, 2.05) is 11.8 Å². The van der Waals surface area contributed by atoms with Gasteiger partial charge in [0, 0.05) is 18.3 Å². The molecule has 0 saturated heterocycles. The zero-order chi connectivity index (χ0) is 13.2. The second-order valence-electron chi connectivity index (χ2n) is 4.27. The molecule has 0 aliphatic carbocycles. The second-order valence-corrected chi connectivity index (χ2v) is 5.37. The summed E-state index contributed by atoms with van der Waals surface area (Å²) in [5.41, 5.74) is 2.79. The van der Waals surface area contributed by atoms with Gasteiger partial charge in [0.15, 0.2) is 0 Å². The molecule has 1 unspecified atom stereocenters. The fraction of sp³-hybridized carbons (Fsp3) is 0.500. The first-order chi connectivity index (χ1) is 8.81. The summed E-state index contributed by atoms with van der Waals surface area (Å²) in [6.07, 6.45) is 7.44. The third-order valence-corrected chi connectivity index (χ3v) is 3.88. The van der Waals surface area contributed by atoms with Crippen LogP contribution < -0.4 is 5.32 Å². The van der Waals surface area contributed by atoms with Crippen molar-refractivity contribution in [1.29, 1.82) is 0 Å². The molecule has 1 atom stereocenters. The minimum Gasteiger partial charge on any atom is -0.309 e. The highest BCUT2D eigenvalue weighted by Crippen LogP contribution is 2.17. The average Bonchev–Trinajstić information content (AvgIpc) is 2.43. The molecule has 1 rings (SSSR count). The van der Waals surface area contributed by atoms with Crippen molar-refractivity contribution in [3.8, 4) is 12.3 Å². The Bertz CT molecular complexity index is 364. The van der Waals surface area contributed by atoms with Crippen LogP contribution in [0.3, 0.4) is 0 Å². The number of hydrogen-bond acceptors (Lipinski definition) is 2. The molecule has 0 aliphatic rings. The van der Waals surface area contributed by atoms with E-state index in [2.05, 4.69) is 49.4 Å². The highest BCUT2D eigenvalue weighted by atomic mass is 32.2. The van der Waals surface area contributed by atoms with Gasteiger partial charge < -0.3 is 5.32 Å². The predicted molar refractivity (Wildman–Crippen MR) is 83.0 cm³/mol. The lowest BCUT2D eigenvalue weighted by atomic mass is 10.0. The van der Waals surface area contributed by atoms with Crippen LogP contribution in [0.15, 0.2) is 24.3 Å². The van der Waals surface area contributed by atoms with Gasteiger partial charge in [-0.05, 0) is 24.0 Å². The van der Waals surface area contributed by atoms with Gasteiger partial charge in [-0.1, -0.05) is 44.0 Å². The molecule has 1 aromatic rings. The van der Waals surface area contributed by atoms with E-state index in [1.54, 1.807) is 0 Å². The van der Waals surface area contributed by atoms with Gasteiger partial charge >= 0.3 is 0 Å². The summed E-state index contributed by atoms with van der Waals surface area (Å²) >= 11 is 1.81. The molecule has 0 heterocycles. The molecule has 0 saturated carbocycles. The lowest BCUT2D eigenvalue weighted by Crippen LogP contribution is -2.23. The molecule has 0 aromatic heterocycles. The quantitative estimate of drug-likeness (QED) is 0.566. The fourth-order valence-electron chi connectivity index (χ4n) is 1.92. The topological polar surface area (TPSA) is 12.0 Å². The number of aryl methyl sites for hydroxylation is 1. The Morgan fingerprint density at radius 1 is 1.28 bits per heavy atom. The molecule has 18 heavy (non-hydrogen) atoms. The Hall–Kier alpha value is -0.910. The molecule has 98 valence electrons. The van der Waals surface area contributed by atoms with Gasteiger partial charge in [0.05, 0.1) is 5.75 Å². The molecule has 1 nitrogen and oxygen atoms in total. The van der Waals surface area contributed by atoms with E-state index in [0.717, 1.165) is 30.9 Å². The van der Waals surface area contributed by atoms with Crippen LogP contribution >= 0.6 is 11.8 Å². The summed E-state index contributed by atoms with van der Waals surface area (Å²) in [5, 5.41) is 3.59. The van der Waals surface area contributed by atoms with Crippen LogP contribution in [0.4, 0.5) is 0 Å². The number of thioether (sulfide) groups is 1. The van der Waals surface area contributed by atoms with E-state index in [9.17, 15) is 0 Å². The van der Waals surface area contributed by atoms with Gasteiger partial charge in [-0.2, -0.15) is 0 Å². The molecular weight excluding hydrogens is 238 g/mol. The van der Waals surface area contributed by atoms with E-state index in [1.165, 1.54) is 11.1 Å². The minimum absolute atomic E-state index is 0.461. The van der Waals surface area contributed by atoms with Crippen LogP contribution in [0.25, 0.3) is 0 Å². The van der Waals surface area contributed by atoms with E-state index >= 15 is 0 Å². The molecule has 0 fully saturated rings. The van der Waals surface area contributed by atoms with Crippen LogP contribution in [0.1, 0.15) is 37.4 Å². The smallest absolute Gasteiger partial charge is 0.0545 e. The Labute approximate surface area is 116 Å². The average molecular weight is 261 g/mol. The van der Waals surface area contributed by atoms with Crippen LogP contribution in [0.5, 0.6) is 0 Å². The number of rotatable bonds is 8. The third-order valence-electron chi connectivity index (χ3n) is 3.02. The summed E-state index contributed by atoms with van der Waals surface area (Å²) < 4.78 is 0. The monoisotopic (exact) mass is 261 g/mol. The van der Waals surface area contributed by atoms with Crippen LogP contribution in [0.2, 0.25) is 0 Å². The molecule has 0 spiro atoms. The van der Waals surface area contributed by atoms with Crippen molar-refractivity contribution in [3.63, 3.8) is 0 Å². The van der Waals surface area contributed by atoms with Gasteiger partial charge in [0.1, 0.15) is 0 Å². The zero-order valence-corrected chi connectivity index (χ0v) is 12.2. The number of nitrogens with one attached hydrogen (secondary N) is 1. The Morgan fingerprint density at radius 2 is 2.00 bits per heavy atom. The van der Waals surface area contributed by atoms with Crippen LogP contribution in [0, 0.1) is 12.3 Å². The Kier molecular flexibility index (Phi) is 7.64. The molecule has 0 amide bonds. The van der Waals surface area contributed by atoms with Gasteiger partial charge in [0.25, 0.3) is 0 Å². The number of hydrogen-bond donors (Lipinski definition) is 1. The first kappa shape index (κ1) is 15.1. The van der Waals surface area contributed by atoms with Gasteiger partial charge in [-0.15, -0.1) is 18.2 Å². The largest absolute Gasteiger partial charge is 0.309 e. The van der Waals surface area contributed by atoms with Crippen molar-refractivity contribution in [2.24, 2.45) is 0 Å². The molecule has 0 radical (unpaired) electrons. The summed E-state index contributed by atoms with van der Waals surface area (Å²) in [4.78, 5) is 0. The molecular formula is C16H23NS. The van der Waals surface area contributed by atoms with Crippen LogP contribution in [-0.4, -0.2) is 18.1 Å². The normalized spacial score (nSPS) is 12.1. The Balaban J connectivity index is 2.42. The van der Waals surface area contributed by atoms with Gasteiger partial charge in [-0.3, -0.25) is 0 Å². The van der Waals surface area contributed by atoms with Crippen LogP contribution in [-0.2, 0) is 6.42 Å². The highest BCUT2D eigenvalue weighted by molar-refractivity contribution is 7.99. The summed E-state index contributed by atoms with van der Waals surface area (Å²) in [7, 11) is 0. The molecule has 0 bridgehead atoms. The van der Waals surface area contributed by atoms with Gasteiger partial charge in [-0.25, -0.2) is 0 Å². The van der Waals surface area contributed by atoms with Crippen molar-refractivity contribution in [2.45, 2.75) is 32.7 Å². The maximum atomic E-state index is 5.22. The first-order valence-electron chi connectivity index (χ1n) is 6.65. The molecule has 0 aliphatic heterocycles. The van der Waals surface area contributed by atoms with E-state index in [-0.39, 0.29) is 0 Å². The molecule has 1 N–H and O–H groups in total. The summed E-state index contributed by atoms with van der Waals surface area (Å²) in [5.74, 6) is 4.54. The maximum absolute atomic E-state index is 5.22. The van der Waals surface area contributed by atoms with E-state index < -0.39 is 0 Å². The lowest BCUT2D eigenvalue weighted by molar-refractivity contribution is 0.539. The summed E-state index contributed by atoms with van der Waals surface area (Å²) in [6, 6.07) is 9.41. The van der Waals surface area contributed by atoms with Gasteiger partial charge in [0.2, 0.25) is 0 Å². The van der Waals surface area contributed by atoms with Crippen molar-refractivity contribution >= 4 is 11.8 Å². The fourth-order valence-corrected chi connectivity index (χ4v) is 2.44. The standard InChI is InChI=1S/C16H23NS/c1-4-12-18-13-11-17-16(6-3)15-9-7-14(5-2)8-10-15/h1,7-10,16-17H,5-6,11-13H2,2-3H3. The number of benzene rings is 1. The SMILES string of the molecule is C#CCSCCNC(CC)c1ccc(CC)cc1. The molecule has 2 heteroatoms. The predicted octanol–water partition coefficient (Wildman–Crippen LogP) is 3.66. The second kappa shape index (κ2) is 9.08. The molecule has 1 aromatic carbocycles. The Morgan fingerprint density at radius 3 is 2.56 bits per heavy atom. The van der Waals surface area contributed by atoms with Crippen molar-refractivity contribution in [2.75, 3.05) is 18.1 Å². The summed E-state index contributed by atoms with van der Waals surface area (Å²) in [6.45, 7) is 5.42. The van der Waals surface area contributed by atoms with E-state index in [0.29, 0.717) is 6.04 Å². The van der Waals surface area contributed by atoms with E-state index in [4.69, 9.17) is 6.42 Å². The van der Waals surface area contributed by atoms with Crippen molar-refractivity contribution < 1.29 is 0 Å². The minimum atomic E-state index is 0.461. The maximum Gasteiger partial charge on any atom is 0.0545 e. The lowest BCUT2D eigenvalue weighted by Gasteiger charge is -2.17. The van der Waals surface area contributed by atoms with Crippen molar-refractivity contribution in [3.05, 3.63) is 35.4 Å². The third kappa shape index (κ3) is 5.16.